The van der Waals surface area contributed by atoms with Crippen LogP contribution in [0.1, 0.15) is 55.2 Å². The lowest BCUT2D eigenvalue weighted by Crippen LogP contribution is -2.33. The second-order valence-electron chi connectivity index (χ2n) is 6.31. The van der Waals surface area contributed by atoms with Crippen LogP contribution in [-0.4, -0.2) is 23.5 Å². The fourth-order valence-corrected chi connectivity index (χ4v) is 3.51. The molecule has 4 rings (SSSR count). The van der Waals surface area contributed by atoms with E-state index in [0.717, 1.165) is 18.4 Å². The van der Waals surface area contributed by atoms with Crippen molar-refractivity contribution in [1.82, 2.24) is 4.90 Å². The molecule has 3 fully saturated rings. The van der Waals surface area contributed by atoms with E-state index in [1.807, 2.05) is 0 Å². The Bertz CT molecular complexity index is 448. The normalized spacial score (nSPS) is 32.9. The van der Waals surface area contributed by atoms with Crippen molar-refractivity contribution in [2.75, 3.05) is 6.54 Å². The summed E-state index contributed by atoms with van der Waals surface area (Å²) < 4.78 is 0. The Morgan fingerprint density at radius 2 is 1.78 bits per heavy atom. The maximum Gasteiger partial charge on any atom is 0.0502 e. The molecule has 2 unspecified atom stereocenters. The summed E-state index contributed by atoms with van der Waals surface area (Å²) in [4.78, 5) is 2.66. The van der Waals surface area contributed by atoms with Gasteiger partial charge in [-0.25, -0.2) is 0 Å². The van der Waals surface area contributed by atoms with Gasteiger partial charge in [0.1, 0.15) is 0 Å². The molecule has 1 aliphatic heterocycles. The third-order valence-corrected chi connectivity index (χ3v) is 4.80. The van der Waals surface area contributed by atoms with Crippen molar-refractivity contribution in [1.29, 1.82) is 0 Å². The molecule has 0 radical (unpaired) electrons. The first kappa shape index (κ1) is 11.0. The number of nitrogens with zero attached hydrogens (tertiary/aromatic N) is 1. The van der Waals surface area contributed by atoms with E-state index in [4.69, 9.17) is 5.73 Å². The summed E-state index contributed by atoms with van der Waals surface area (Å²) in [6, 6.07) is 10.9. The molecule has 2 heteroatoms. The number of benzene rings is 1. The molecule has 0 amide bonds. The average molecular weight is 242 g/mol. The van der Waals surface area contributed by atoms with Crippen LogP contribution >= 0.6 is 0 Å². The van der Waals surface area contributed by atoms with Gasteiger partial charge in [-0.3, -0.25) is 4.90 Å². The van der Waals surface area contributed by atoms with Crippen LogP contribution in [0.25, 0.3) is 0 Å². The second kappa shape index (κ2) is 4.07. The number of hydrogen-bond donors (Lipinski definition) is 1. The molecule has 1 aromatic carbocycles. The first-order valence-corrected chi connectivity index (χ1v) is 7.44. The van der Waals surface area contributed by atoms with Gasteiger partial charge in [0.15, 0.2) is 0 Å². The minimum absolute atomic E-state index is 0.333. The van der Waals surface area contributed by atoms with Crippen LogP contribution in [0.3, 0.4) is 0 Å². The van der Waals surface area contributed by atoms with Crippen molar-refractivity contribution < 1.29 is 0 Å². The lowest BCUT2D eigenvalue weighted by molar-refractivity contribution is 0.237. The summed E-state index contributed by atoms with van der Waals surface area (Å²) in [5.41, 5.74) is 9.38. The molecular weight excluding hydrogens is 220 g/mol. The molecule has 2 aliphatic carbocycles. The Hall–Kier alpha value is -0.860. The van der Waals surface area contributed by atoms with Gasteiger partial charge in [0.05, 0.1) is 6.04 Å². The van der Waals surface area contributed by atoms with Gasteiger partial charge < -0.3 is 5.73 Å². The smallest absolute Gasteiger partial charge is 0.0502 e. The van der Waals surface area contributed by atoms with Crippen LogP contribution in [0, 0.1) is 0 Å². The molecule has 0 bridgehead atoms. The summed E-state index contributed by atoms with van der Waals surface area (Å²) in [5, 5.41) is 0. The van der Waals surface area contributed by atoms with Crippen LogP contribution < -0.4 is 5.73 Å². The Morgan fingerprint density at radius 1 is 1.00 bits per heavy atom. The van der Waals surface area contributed by atoms with E-state index in [-0.39, 0.29) is 0 Å². The number of hydrogen-bond acceptors (Lipinski definition) is 2. The molecule has 2 atom stereocenters. The van der Waals surface area contributed by atoms with Crippen molar-refractivity contribution in [2.45, 2.75) is 56.1 Å². The zero-order valence-corrected chi connectivity index (χ0v) is 10.9. The highest BCUT2D eigenvalue weighted by atomic mass is 15.2. The van der Waals surface area contributed by atoms with E-state index in [0.29, 0.717) is 12.1 Å². The lowest BCUT2D eigenvalue weighted by Gasteiger charge is -2.27. The van der Waals surface area contributed by atoms with E-state index in [1.54, 1.807) is 5.56 Å². The highest BCUT2D eigenvalue weighted by molar-refractivity contribution is 5.32. The first-order chi connectivity index (χ1) is 8.83. The van der Waals surface area contributed by atoms with Crippen LogP contribution in [0.15, 0.2) is 24.3 Å². The fraction of sp³-hybridized carbons (Fsp3) is 0.625. The van der Waals surface area contributed by atoms with Crippen LogP contribution in [0.2, 0.25) is 0 Å². The quantitative estimate of drug-likeness (QED) is 0.883. The molecule has 2 nitrogen and oxygen atoms in total. The Balaban J connectivity index is 1.65. The predicted octanol–water partition coefficient (Wildman–Crippen LogP) is 2.80. The topological polar surface area (TPSA) is 29.3 Å². The highest BCUT2D eigenvalue weighted by Gasteiger charge is 2.41. The zero-order chi connectivity index (χ0) is 12.1. The zero-order valence-electron chi connectivity index (χ0n) is 10.9. The minimum atomic E-state index is 0.333. The summed E-state index contributed by atoms with van der Waals surface area (Å²) in [6.07, 6.45) is 6.69. The summed E-state index contributed by atoms with van der Waals surface area (Å²) in [5.74, 6) is 0.844. The lowest BCUT2D eigenvalue weighted by atomic mass is 9.97. The van der Waals surface area contributed by atoms with Crippen LogP contribution in [-0.2, 0) is 0 Å². The van der Waals surface area contributed by atoms with Gasteiger partial charge in [-0.05, 0) is 49.1 Å². The van der Waals surface area contributed by atoms with E-state index in [1.165, 1.54) is 37.8 Å². The van der Waals surface area contributed by atoms with Crippen LogP contribution in [0.5, 0.6) is 0 Å². The van der Waals surface area contributed by atoms with Crippen molar-refractivity contribution in [3.8, 4) is 0 Å². The van der Waals surface area contributed by atoms with Gasteiger partial charge >= 0.3 is 0 Å². The molecule has 3 aliphatic rings. The molecule has 18 heavy (non-hydrogen) atoms. The van der Waals surface area contributed by atoms with Crippen molar-refractivity contribution in [3.05, 3.63) is 35.4 Å². The number of likely N-dealkylation sites (tertiary alicyclic amines) is 1. The molecule has 1 heterocycles. The fourth-order valence-electron chi connectivity index (χ4n) is 3.51. The third kappa shape index (κ3) is 1.88. The van der Waals surface area contributed by atoms with E-state index < -0.39 is 0 Å². The largest absolute Gasteiger partial charge is 0.326 e. The van der Waals surface area contributed by atoms with Gasteiger partial charge in [0.2, 0.25) is 0 Å². The van der Waals surface area contributed by atoms with Crippen molar-refractivity contribution in [3.63, 3.8) is 0 Å². The maximum absolute atomic E-state index is 6.37. The van der Waals surface area contributed by atoms with E-state index in [2.05, 4.69) is 29.2 Å². The predicted molar refractivity (Wildman–Crippen MR) is 73.5 cm³/mol. The Morgan fingerprint density at radius 3 is 2.50 bits per heavy atom. The monoisotopic (exact) mass is 242 g/mol. The molecule has 2 saturated carbocycles. The first-order valence-electron chi connectivity index (χ1n) is 7.44. The molecule has 0 aromatic heterocycles. The summed E-state index contributed by atoms with van der Waals surface area (Å²) >= 11 is 0. The third-order valence-electron chi connectivity index (χ3n) is 4.80. The minimum Gasteiger partial charge on any atom is -0.326 e. The van der Waals surface area contributed by atoms with E-state index in [9.17, 15) is 0 Å². The van der Waals surface area contributed by atoms with Crippen molar-refractivity contribution >= 4 is 0 Å². The molecule has 1 aromatic rings. The standard InChI is InChI=1S/C16H22N2/c17-15-8-9-18(14-6-7-14)16(15)13-3-1-2-12(10-13)11-4-5-11/h1-3,10-11,14-16H,4-9,17H2. The molecule has 0 spiro atoms. The molecule has 2 N–H and O–H groups in total. The number of nitrogens with two attached hydrogens (primary N) is 1. The second-order valence-corrected chi connectivity index (χ2v) is 6.31. The Labute approximate surface area is 109 Å². The molecular formula is C16H22N2. The number of rotatable bonds is 3. The summed E-state index contributed by atoms with van der Waals surface area (Å²) in [6.45, 7) is 1.20. The SMILES string of the molecule is NC1CCN(C2CC2)C1c1cccc(C2CC2)c1. The van der Waals surface area contributed by atoms with Gasteiger partial charge in [-0.15, -0.1) is 0 Å². The van der Waals surface area contributed by atoms with E-state index >= 15 is 0 Å². The van der Waals surface area contributed by atoms with Gasteiger partial charge in [-0.1, -0.05) is 24.3 Å². The van der Waals surface area contributed by atoms with Gasteiger partial charge in [-0.2, -0.15) is 0 Å². The summed E-state index contributed by atoms with van der Waals surface area (Å²) in [7, 11) is 0. The van der Waals surface area contributed by atoms with Crippen LogP contribution in [0.4, 0.5) is 0 Å². The average Bonchev–Trinajstić information content (AvgIpc) is 3.27. The highest BCUT2D eigenvalue weighted by Crippen LogP contribution is 2.43. The van der Waals surface area contributed by atoms with Gasteiger partial charge in [0.25, 0.3) is 0 Å². The Kier molecular flexibility index (Phi) is 2.49. The molecule has 96 valence electrons. The maximum atomic E-state index is 6.37. The van der Waals surface area contributed by atoms with Crippen molar-refractivity contribution in [2.24, 2.45) is 5.73 Å². The molecule has 1 saturated heterocycles. The van der Waals surface area contributed by atoms with Gasteiger partial charge in [0, 0.05) is 18.6 Å².